The molecular weight excluding hydrogens is 358 g/mol. The van der Waals surface area contributed by atoms with Crippen LogP contribution >= 0.6 is 11.8 Å². The number of aromatic nitrogens is 3. The van der Waals surface area contributed by atoms with Crippen molar-refractivity contribution in [3.63, 3.8) is 0 Å². The molecule has 0 fully saturated rings. The third-order valence-electron chi connectivity index (χ3n) is 3.22. The van der Waals surface area contributed by atoms with Crippen molar-refractivity contribution in [3.05, 3.63) is 48.2 Å². The van der Waals surface area contributed by atoms with Gasteiger partial charge in [-0.2, -0.15) is 4.98 Å². The second kappa shape index (κ2) is 8.21. The fourth-order valence-corrected chi connectivity index (χ4v) is 2.54. The molecule has 9 nitrogen and oxygen atoms in total. The lowest BCUT2D eigenvalue weighted by atomic mass is 10.2. The Morgan fingerprint density at radius 2 is 2.04 bits per heavy atom. The molecule has 1 aromatic carbocycles. The Bertz CT molecular complexity index is 876. The van der Waals surface area contributed by atoms with Crippen molar-refractivity contribution in [3.8, 4) is 17.3 Å². The van der Waals surface area contributed by atoms with Crippen molar-refractivity contribution in [2.45, 2.75) is 5.16 Å². The Hall–Kier alpha value is -3.27. The van der Waals surface area contributed by atoms with Gasteiger partial charge >= 0.3 is 0 Å². The van der Waals surface area contributed by atoms with E-state index in [1.165, 1.54) is 6.26 Å². The van der Waals surface area contributed by atoms with E-state index in [9.17, 15) is 9.59 Å². The molecule has 0 saturated carbocycles. The number of methoxy groups -OCH3 is 1. The van der Waals surface area contributed by atoms with E-state index in [0.29, 0.717) is 28.1 Å². The van der Waals surface area contributed by atoms with Gasteiger partial charge in [-0.25, -0.2) is 0 Å². The van der Waals surface area contributed by atoms with Gasteiger partial charge in [0.25, 0.3) is 5.91 Å². The van der Waals surface area contributed by atoms with Crippen molar-refractivity contribution in [2.75, 3.05) is 12.9 Å². The lowest BCUT2D eigenvalue weighted by molar-refractivity contribution is -0.119. The van der Waals surface area contributed by atoms with Crippen molar-refractivity contribution in [1.82, 2.24) is 26.0 Å². The lowest BCUT2D eigenvalue weighted by Crippen LogP contribution is -2.42. The first-order chi connectivity index (χ1) is 12.7. The number of benzene rings is 1. The first-order valence-electron chi connectivity index (χ1n) is 7.48. The highest BCUT2D eigenvalue weighted by atomic mass is 32.2. The summed E-state index contributed by atoms with van der Waals surface area (Å²) in [6.07, 6.45) is 1.53. The predicted octanol–water partition coefficient (Wildman–Crippen LogP) is 1.63. The zero-order chi connectivity index (χ0) is 18.4. The van der Waals surface area contributed by atoms with Gasteiger partial charge in [0.15, 0.2) is 11.6 Å². The molecule has 0 radical (unpaired) electrons. The van der Waals surface area contributed by atoms with Crippen LogP contribution < -0.4 is 15.6 Å². The Balaban J connectivity index is 1.44. The second-order valence-electron chi connectivity index (χ2n) is 4.96. The van der Waals surface area contributed by atoms with Crippen molar-refractivity contribution in [2.24, 2.45) is 0 Å². The highest BCUT2D eigenvalue weighted by Gasteiger charge is 2.11. The molecule has 0 unspecified atom stereocenters. The number of carbonyl (C=O) groups excluding carboxylic acids is 2. The van der Waals surface area contributed by atoms with Crippen LogP contribution in [0.4, 0.5) is 0 Å². The van der Waals surface area contributed by atoms with E-state index >= 15 is 0 Å². The summed E-state index contributed by atoms with van der Waals surface area (Å²) < 4.78 is 10.2. The van der Waals surface area contributed by atoms with Crippen LogP contribution in [0.3, 0.4) is 0 Å². The van der Waals surface area contributed by atoms with E-state index in [1.807, 2.05) is 0 Å². The van der Waals surface area contributed by atoms with E-state index in [0.717, 1.165) is 11.8 Å². The van der Waals surface area contributed by atoms with Crippen LogP contribution in [0.25, 0.3) is 11.6 Å². The summed E-state index contributed by atoms with van der Waals surface area (Å²) >= 11 is 1.12. The van der Waals surface area contributed by atoms with E-state index < -0.39 is 5.91 Å². The number of hydrogen-bond donors (Lipinski definition) is 3. The monoisotopic (exact) mass is 373 g/mol. The minimum atomic E-state index is -0.427. The van der Waals surface area contributed by atoms with E-state index in [1.54, 1.807) is 43.5 Å². The highest BCUT2D eigenvalue weighted by Crippen LogP contribution is 2.19. The molecule has 0 spiro atoms. The summed E-state index contributed by atoms with van der Waals surface area (Å²) in [5, 5.41) is 7.11. The van der Waals surface area contributed by atoms with Crippen molar-refractivity contribution >= 4 is 23.6 Å². The van der Waals surface area contributed by atoms with Crippen molar-refractivity contribution in [1.29, 1.82) is 0 Å². The van der Waals surface area contributed by atoms with Gasteiger partial charge in [-0.1, -0.05) is 11.8 Å². The van der Waals surface area contributed by atoms with Gasteiger partial charge < -0.3 is 9.15 Å². The summed E-state index contributed by atoms with van der Waals surface area (Å²) in [5.74, 6) is 0.900. The Kier molecular flexibility index (Phi) is 5.54. The summed E-state index contributed by atoms with van der Waals surface area (Å²) in [6, 6.07) is 10.00. The van der Waals surface area contributed by atoms with Crippen LogP contribution in [0.15, 0.2) is 52.2 Å². The number of hydrazine groups is 1. The van der Waals surface area contributed by atoms with Gasteiger partial charge in [0.05, 0.1) is 19.1 Å². The molecular formula is C16H15N5O4S. The number of hydrogen-bond acceptors (Lipinski definition) is 7. The number of ether oxygens (including phenoxy) is 1. The Morgan fingerprint density at radius 3 is 2.73 bits per heavy atom. The van der Waals surface area contributed by atoms with Crippen LogP contribution in [0.1, 0.15) is 10.4 Å². The molecule has 3 rings (SSSR count). The van der Waals surface area contributed by atoms with Gasteiger partial charge in [0, 0.05) is 5.56 Å². The third kappa shape index (κ3) is 4.42. The fourth-order valence-electron chi connectivity index (χ4n) is 1.94. The maximum Gasteiger partial charge on any atom is 0.269 e. The van der Waals surface area contributed by atoms with Crippen molar-refractivity contribution < 1.29 is 18.7 Å². The smallest absolute Gasteiger partial charge is 0.269 e. The van der Waals surface area contributed by atoms with Crippen LogP contribution in [0.2, 0.25) is 0 Å². The molecule has 134 valence electrons. The third-order valence-corrected chi connectivity index (χ3v) is 4.07. The molecule has 2 aromatic heterocycles. The Labute approximate surface area is 152 Å². The molecule has 26 heavy (non-hydrogen) atoms. The van der Waals surface area contributed by atoms with Crippen LogP contribution in [-0.4, -0.2) is 39.9 Å². The lowest BCUT2D eigenvalue weighted by Gasteiger charge is -2.07. The number of thioether (sulfide) groups is 1. The molecule has 3 aromatic rings. The molecule has 0 aliphatic heterocycles. The molecule has 10 heteroatoms. The molecule has 0 atom stereocenters. The number of nitrogens with one attached hydrogen (secondary N) is 3. The first-order valence-corrected chi connectivity index (χ1v) is 8.46. The number of aromatic amines is 1. The molecule has 0 aliphatic carbocycles. The zero-order valence-electron chi connectivity index (χ0n) is 13.7. The number of H-pyrrole nitrogens is 1. The van der Waals surface area contributed by atoms with Gasteiger partial charge in [0.1, 0.15) is 5.75 Å². The number of amides is 2. The largest absolute Gasteiger partial charge is 0.497 e. The van der Waals surface area contributed by atoms with Gasteiger partial charge in [-0.3, -0.25) is 25.5 Å². The van der Waals surface area contributed by atoms with E-state index in [-0.39, 0.29) is 11.7 Å². The summed E-state index contributed by atoms with van der Waals surface area (Å²) in [7, 11) is 1.54. The normalized spacial score (nSPS) is 10.3. The standard InChI is InChI=1S/C16H15N5O4S/c1-24-11-6-4-10(5-7-11)15(23)20-18-13(22)9-26-16-17-14(19-21-16)12-3-2-8-25-12/h2-8H,9H2,1H3,(H,18,22)(H,20,23)(H,17,19,21). The molecule has 2 amide bonds. The topological polar surface area (TPSA) is 122 Å². The van der Waals surface area contributed by atoms with Crippen LogP contribution in [-0.2, 0) is 4.79 Å². The summed E-state index contributed by atoms with van der Waals surface area (Å²) in [5.41, 5.74) is 5.08. The maximum absolute atomic E-state index is 11.9. The number of furan rings is 1. The molecule has 0 saturated heterocycles. The SMILES string of the molecule is COc1ccc(C(=O)NNC(=O)CSc2n[nH]c(-c3ccco3)n2)cc1. The fraction of sp³-hybridized carbons (Fsp3) is 0.125. The minimum Gasteiger partial charge on any atom is -0.497 e. The second-order valence-corrected chi connectivity index (χ2v) is 5.91. The predicted molar refractivity (Wildman–Crippen MR) is 93.4 cm³/mol. The quantitative estimate of drug-likeness (QED) is 0.443. The number of nitrogens with zero attached hydrogens (tertiary/aromatic N) is 2. The van der Waals surface area contributed by atoms with Gasteiger partial charge in [-0.15, -0.1) is 5.10 Å². The minimum absolute atomic E-state index is 0.0400. The van der Waals surface area contributed by atoms with Gasteiger partial charge in [-0.05, 0) is 36.4 Å². The van der Waals surface area contributed by atoms with Crippen LogP contribution in [0, 0.1) is 0 Å². The average Bonchev–Trinajstić information content (AvgIpc) is 3.36. The zero-order valence-corrected chi connectivity index (χ0v) is 14.5. The average molecular weight is 373 g/mol. The number of carbonyl (C=O) groups is 2. The summed E-state index contributed by atoms with van der Waals surface area (Å²) in [6.45, 7) is 0. The Morgan fingerprint density at radius 1 is 1.23 bits per heavy atom. The molecule has 3 N–H and O–H groups in total. The first kappa shape index (κ1) is 17.5. The van der Waals surface area contributed by atoms with Gasteiger partial charge in [0.2, 0.25) is 11.1 Å². The van der Waals surface area contributed by atoms with Crippen LogP contribution in [0.5, 0.6) is 5.75 Å². The number of rotatable bonds is 6. The summed E-state index contributed by atoms with van der Waals surface area (Å²) in [4.78, 5) is 28.0. The maximum atomic E-state index is 11.9. The molecule has 0 aliphatic rings. The molecule has 2 heterocycles. The van der Waals surface area contributed by atoms with E-state index in [4.69, 9.17) is 9.15 Å². The highest BCUT2D eigenvalue weighted by molar-refractivity contribution is 7.99. The van der Waals surface area contributed by atoms with E-state index in [2.05, 4.69) is 26.0 Å². The molecule has 0 bridgehead atoms.